The van der Waals surface area contributed by atoms with Crippen molar-refractivity contribution in [2.24, 2.45) is 5.92 Å². The Morgan fingerprint density at radius 1 is 1.15 bits per heavy atom. The number of amides is 2. The molecular formula is C26H36N4O7S2. The van der Waals surface area contributed by atoms with Crippen molar-refractivity contribution in [3.63, 3.8) is 0 Å². The van der Waals surface area contributed by atoms with Crippen molar-refractivity contribution in [2.45, 2.75) is 89.2 Å². The summed E-state index contributed by atoms with van der Waals surface area (Å²) in [6, 6.07) is 4.43. The molecule has 3 atom stereocenters. The highest BCUT2D eigenvalue weighted by molar-refractivity contribution is 7.89. The van der Waals surface area contributed by atoms with Gasteiger partial charge in [-0.25, -0.2) is 27.7 Å². The van der Waals surface area contributed by atoms with E-state index in [0.29, 0.717) is 29.0 Å². The minimum atomic E-state index is -4.03. The molecule has 0 spiro atoms. The summed E-state index contributed by atoms with van der Waals surface area (Å²) in [5.41, 5.74) is -0.109. The second-order valence-electron chi connectivity index (χ2n) is 11.1. The summed E-state index contributed by atoms with van der Waals surface area (Å²) in [6.45, 7) is 10.9. The lowest BCUT2D eigenvalue weighted by molar-refractivity contribution is -0.0534. The first-order chi connectivity index (χ1) is 18.2. The van der Waals surface area contributed by atoms with Gasteiger partial charge in [0.15, 0.2) is 0 Å². The predicted octanol–water partition coefficient (Wildman–Crippen LogP) is 4.81. The lowest BCUT2D eigenvalue weighted by Crippen LogP contribution is -2.49. The van der Waals surface area contributed by atoms with Gasteiger partial charge in [-0.1, -0.05) is 6.07 Å². The van der Waals surface area contributed by atoms with Gasteiger partial charge in [-0.3, -0.25) is 5.32 Å². The summed E-state index contributed by atoms with van der Waals surface area (Å²) >= 11 is 1.37. The van der Waals surface area contributed by atoms with Crippen molar-refractivity contribution in [2.75, 3.05) is 11.9 Å². The van der Waals surface area contributed by atoms with Crippen molar-refractivity contribution in [1.29, 1.82) is 0 Å². The Labute approximate surface area is 233 Å². The highest BCUT2D eigenvalue weighted by Gasteiger charge is 2.41. The molecule has 1 aromatic carbocycles. The molecule has 2 aliphatic rings. The maximum Gasteiger partial charge on any atom is 0.411 e. The summed E-state index contributed by atoms with van der Waals surface area (Å²) in [5, 5.41) is 6.20. The number of hydrogen-bond donors (Lipinski definition) is 3. The molecule has 4 rings (SSSR count). The van der Waals surface area contributed by atoms with Crippen molar-refractivity contribution < 1.29 is 32.2 Å². The molecule has 13 heteroatoms. The third kappa shape index (κ3) is 7.27. The number of carbonyl (C=O) groups excluding carboxylic acids is 2. The molecule has 2 amide bonds. The first kappa shape index (κ1) is 29.2. The van der Waals surface area contributed by atoms with Crippen LogP contribution in [0.15, 0.2) is 29.3 Å². The Morgan fingerprint density at radius 3 is 2.54 bits per heavy atom. The highest BCUT2D eigenvalue weighted by atomic mass is 32.2. The molecule has 11 nitrogen and oxygen atoms in total. The minimum Gasteiger partial charge on any atom is -0.447 e. The average molecular weight is 581 g/mol. The van der Waals surface area contributed by atoms with Crippen LogP contribution in [0.5, 0.6) is 0 Å². The number of benzene rings is 1. The van der Waals surface area contributed by atoms with Crippen LogP contribution in [0, 0.1) is 5.92 Å². The fraction of sp³-hybridized carbons (Fsp3) is 0.577. The molecule has 2 unspecified atom stereocenters. The normalized spacial score (nSPS) is 23.6. The average Bonchev–Trinajstić information content (AvgIpc) is 3.26. The van der Waals surface area contributed by atoms with E-state index in [0.717, 1.165) is 5.01 Å². The largest absolute Gasteiger partial charge is 0.447 e. The Hall–Kier alpha value is -2.74. The number of aromatic nitrogens is 1. The molecule has 3 N–H and O–H groups in total. The van der Waals surface area contributed by atoms with Gasteiger partial charge in [0.2, 0.25) is 10.0 Å². The highest BCUT2D eigenvalue weighted by Crippen LogP contribution is 2.44. The van der Waals surface area contributed by atoms with Crippen LogP contribution in [-0.2, 0) is 24.2 Å². The van der Waals surface area contributed by atoms with Crippen LogP contribution >= 0.6 is 11.3 Å². The van der Waals surface area contributed by atoms with Crippen molar-refractivity contribution in [3.8, 4) is 10.4 Å². The van der Waals surface area contributed by atoms with E-state index in [1.54, 1.807) is 46.0 Å². The molecular weight excluding hydrogens is 544 g/mol. The summed E-state index contributed by atoms with van der Waals surface area (Å²) in [5.74, 6) is -0.135. The number of anilines is 1. The number of ether oxygens (including phenoxy) is 3. The molecule has 3 heterocycles. The number of rotatable bonds is 4. The summed E-state index contributed by atoms with van der Waals surface area (Å²) in [6.07, 6.45) is 0.519. The molecule has 0 saturated carbocycles. The number of nitrogens with zero attached hydrogens (tertiary/aromatic N) is 1. The van der Waals surface area contributed by atoms with E-state index in [-0.39, 0.29) is 41.8 Å². The molecule has 1 fully saturated rings. The van der Waals surface area contributed by atoms with Crippen LogP contribution < -0.4 is 15.4 Å². The van der Waals surface area contributed by atoms with Gasteiger partial charge in [-0.05, 0) is 72.4 Å². The lowest BCUT2D eigenvalue weighted by atomic mass is 9.82. The Bertz CT molecular complexity index is 1320. The minimum absolute atomic E-state index is 0.0230. The third-order valence-corrected chi connectivity index (χ3v) is 9.06. The maximum absolute atomic E-state index is 13.8. The Kier molecular flexibility index (Phi) is 8.55. The van der Waals surface area contributed by atoms with Crippen LogP contribution in [0.25, 0.3) is 10.4 Å². The smallest absolute Gasteiger partial charge is 0.411 e. The molecule has 0 aliphatic carbocycles. The predicted molar refractivity (Wildman–Crippen MR) is 147 cm³/mol. The molecule has 1 aromatic heterocycles. The number of nitrogens with one attached hydrogen (secondary N) is 3. The van der Waals surface area contributed by atoms with Gasteiger partial charge in [0.25, 0.3) is 0 Å². The number of alkyl carbamates (subject to hydrolysis) is 1. The van der Waals surface area contributed by atoms with E-state index in [1.807, 2.05) is 13.8 Å². The first-order valence-corrected chi connectivity index (χ1v) is 15.2. The molecule has 2 aromatic rings. The molecule has 39 heavy (non-hydrogen) atoms. The monoisotopic (exact) mass is 580 g/mol. The number of carbonyl (C=O) groups is 2. The van der Waals surface area contributed by atoms with Gasteiger partial charge in [0.1, 0.15) is 11.1 Å². The molecule has 2 aliphatic heterocycles. The van der Waals surface area contributed by atoms with Gasteiger partial charge >= 0.3 is 12.2 Å². The van der Waals surface area contributed by atoms with Gasteiger partial charge in [0, 0.05) is 23.0 Å². The van der Waals surface area contributed by atoms with Crippen LogP contribution in [-0.4, -0.2) is 56.0 Å². The summed E-state index contributed by atoms with van der Waals surface area (Å²) in [4.78, 5) is 29.7. The molecule has 1 saturated heterocycles. The van der Waals surface area contributed by atoms with Crippen LogP contribution in [0.4, 0.5) is 15.3 Å². The Morgan fingerprint density at radius 2 is 1.85 bits per heavy atom. The maximum atomic E-state index is 13.8. The summed E-state index contributed by atoms with van der Waals surface area (Å²) < 4.78 is 47.0. The number of hydrogen-bond acceptors (Lipinski definition) is 9. The van der Waals surface area contributed by atoms with E-state index < -0.39 is 27.7 Å². The quantitative estimate of drug-likeness (QED) is 0.467. The number of fused-ring (bicyclic) bond motifs is 6. The number of thiazole rings is 1. The topological polar surface area (TPSA) is 145 Å². The standard InChI is InChI=1S/C26H36N4O7S2/c1-14(2)36-24(31)28-17-7-8-19-20-12-27-23(38-20)22-16(9-18(13-35-22)29-25(32)37-15(3)4)11-26(5,6)30-39(33,34)21(19)10-17/h7-8,10,12,14-16,18,22,30H,9,11,13H2,1-6H3,(H,28,31)(H,29,32)/t16?,18-,22?/m0/s1. The van der Waals surface area contributed by atoms with E-state index in [4.69, 9.17) is 14.2 Å². The van der Waals surface area contributed by atoms with Gasteiger partial charge in [-0.2, -0.15) is 0 Å². The van der Waals surface area contributed by atoms with Gasteiger partial charge in [0.05, 0.1) is 34.6 Å². The molecule has 2 bridgehead atoms. The zero-order chi connectivity index (χ0) is 28.5. The first-order valence-electron chi connectivity index (χ1n) is 12.9. The molecule has 0 radical (unpaired) electrons. The molecule has 214 valence electrons. The van der Waals surface area contributed by atoms with E-state index in [2.05, 4.69) is 20.3 Å². The van der Waals surface area contributed by atoms with Crippen molar-refractivity contribution in [3.05, 3.63) is 29.4 Å². The van der Waals surface area contributed by atoms with Gasteiger partial charge in [-0.15, -0.1) is 11.3 Å². The number of sulfonamides is 1. The van der Waals surface area contributed by atoms with Gasteiger partial charge < -0.3 is 19.5 Å². The van der Waals surface area contributed by atoms with Crippen LogP contribution in [0.1, 0.15) is 65.5 Å². The lowest BCUT2D eigenvalue weighted by Gasteiger charge is -2.39. The SMILES string of the molecule is CC(C)OC(=O)Nc1ccc2c(c1)S(=O)(=O)NC(C)(C)CC1C[C@H](NC(=O)OC(C)C)COC1c1ncc-2s1. The van der Waals surface area contributed by atoms with Crippen molar-refractivity contribution in [1.82, 2.24) is 15.0 Å². The zero-order valence-electron chi connectivity index (χ0n) is 22.9. The zero-order valence-corrected chi connectivity index (χ0v) is 24.6. The Balaban J connectivity index is 1.67. The van der Waals surface area contributed by atoms with Crippen LogP contribution in [0.2, 0.25) is 0 Å². The second kappa shape index (κ2) is 11.4. The third-order valence-electron chi connectivity index (χ3n) is 6.23. The second-order valence-corrected chi connectivity index (χ2v) is 13.8. The summed E-state index contributed by atoms with van der Waals surface area (Å²) in [7, 11) is -4.03. The fourth-order valence-corrected chi connectivity index (χ4v) is 7.77. The van der Waals surface area contributed by atoms with Crippen molar-refractivity contribution >= 4 is 39.2 Å². The fourth-order valence-electron chi connectivity index (χ4n) is 4.94. The van der Waals surface area contributed by atoms with E-state index in [9.17, 15) is 18.0 Å². The van der Waals surface area contributed by atoms with E-state index >= 15 is 0 Å². The van der Waals surface area contributed by atoms with E-state index in [1.165, 1.54) is 17.4 Å². The van der Waals surface area contributed by atoms with Crippen LogP contribution in [0.3, 0.4) is 0 Å².